The van der Waals surface area contributed by atoms with E-state index in [1.807, 2.05) is 0 Å². The highest BCUT2D eigenvalue weighted by molar-refractivity contribution is 6.25. The summed E-state index contributed by atoms with van der Waals surface area (Å²) in [6.07, 6.45) is 1.23. The van der Waals surface area contributed by atoms with Gasteiger partial charge in [-0.2, -0.15) is 0 Å². The number of hydrogen-bond donors (Lipinski definition) is 3. The maximum Gasteiger partial charge on any atom is 0.413 e. The number of nitrogens with one attached hydrogen (secondary N) is 1. The highest BCUT2D eigenvalue weighted by atomic mass is 16.7. The molecule has 2 saturated heterocycles. The second-order valence-corrected chi connectivity index (χ2v) is 8.85. The van der Waals surface area contributed by atoms with Gasteiger partial charge >= 0.3 is 18.0 Å². The van der Waals surface area contributed by atoms with Gasteiger partial charge in [-0.1, -0.05) is 19.2 Å². The number of ether oxygens (including phenoxy) is 2. The van der Waals surface area contributed by atoms with Gasteiger partial charge in [0.25, 0.3) is 7.48 Å². The Labute approximate surface area is 172 Å². The number of unbranched alkanes of at least 4 members (excludes halogenated alkanes) is 1. The summed E-state index contributed by atoms with van der Waals surface area (Å²) in [5.74, 6) is -1.61. The Bertz CT molecular complexity index is 624. The molecule has 0 aromatic carbocycles. The van der Waals surface area contributed by atoms with Crippen molar-refractivity contribution in [2.45, 2.75) is 77.6 Å². The van der Waals surface area contributed by atoms with Gasteiger partial charge in [-0.25, -0.2) is 4.79 Å². The molecule has 2 rings (SSSR count). The molecule has 2 aliphatic heterocycles. The molecule has 4 atom stereocenters. The number of esters is 1. The monoisotopic (exact) mass is 411 g/mol. The molecule has 0 aromatic rings. The normalized spacial score (nSPS) is 27.3. The lowest BCUT2D eigenvalue weighted by Crippen LogP contribution is -2.52. The number of nitrogens with zero attached hydrogens (tertiary/aromatic N) is 1. The van der Waals surface area contributed by atoms with Crippen LogP contribution >= 0.6 is 0 Å². The number of carboxylic acid groups (broad SMARTS) is 1. The number of amides is 1. The minimum atomic E-state index is -1.08. The van der Waals surface area contributed by atoms with E-state index in [-0.39, 0.29) is 12.0 Å². The molecule has 10 heteroatoms. The molecule has 163 valence electrons. The van der Waals surface area contributed by atoms with Crippen molar-refractivity contribution in [2.24, 2.45) is 11.3 Å². The lowest BCUT2D eigenvalue weighted by molar-refractivity contribution is -0.175. The van der Waals surface area contributed by atoms with Crippen LogP contribution in [0.15, 0.2) is 0 Å². The lowest BCUT2D eigenvalue weighted by atomic mass is 9.78. The van der Waals surface area contributed by atoms with E-state index in [1.165, 1.54) is 11.8 Å². The summed E-state index contributed by atoms with van der Waals surface area (Å²) >= 11 is 0. The van der Waals surface area contributed by atoms with Crippen molar-refractivity contribution in [3.8, 4) is 0 Å². The number of carbonyl (C=O) groups is 3. The van der Waals surface area contributed by atoms with E-state index in [0.717, 1.165) is 7.48 Å². The fraction of sp³-hybridized carbons (Fsp3) is 0.842. The van der Waals surface area contributed by atoms with Crippen LogP contribution in [0.2, 0.25) is 6.32 Å². The summed E-state index contributed by atoms with van der Waals surface area (Å²) in [6.45, 7) is 7.39. The molecule has 0 aliphatic carbocycles. The molecule has 0 aromatic heterocycles. The number of carboxylic acids is 1. The maximum absolute atomic E-state index is 12.6. The molecule has 9 nitrogen and oxygen atoms in total. The molecule has 3 N–H and O–H groups in total. The lowest BCUT2D eigenvalue weighted by Gasteiger charge is -2.30. The van der Waals surface area contributed by atoms with Crippen LogP contribution in [0.25, 0.3) is 0 Å². The van der Waals surface area contributed by atoms with Crippen LogP contribution in [-0.4, -0.2) is 71.5 Å². The number of hydrogen-bond acceptors (Lipinski definition) is 7. The third kappa shape index (κ3) is 5.22. The van der Waals surface area contributed by atoms with Gasteiger partial charge in [0.05, 0.1) is 11.5 Å². The number of likely N-dealkylation sites (tertiary alicyclic amines) is 1. The average molecular weight is 411 g/mol. The zero-order valence-electron chi connectivity index (χ0n) is 17.6. The maximum atomic E-state index is 12.6. The Morgan fingerprint density at radius 3 is 2.55 bits per heavy atom. The zero-order valence-corrected chi connectivity index (χ0v) is 17.6. The van der Waals surface area contributed by atoms with E-state index in [0.29, 0.717) is 45.1 Å². The Kier molecular flexibility index (Phi) is 7.56. The van der Waals surface area contributed by atoms with Crippen LogP contribution in [-0.2, 0) is 19.1 Å². The van der Waals surface area contributed by atoms with Gasteiger partial charge in [0.2, 0.25) is 6.29 Å². The number of rotatable bonds is 8. The van der Waals surface area contributed by atoms with Crippen molar-refractivity contribution in [3.63, 3.8) is 0 Å². The summed E-state index contributed by atoms with van der Waals surface area (Å²) in [4.78, 5) is 38.2. The smallest absolute Gasteiger partial charge is 0.413 e. The standard InChI is InChI=1S/C19H32BN2O7/c1-12(28-16(25)18(2,3)4)29-17(26)22-10-7-13-14(22)11-21-19(13,15(23)24)8-5-6-9-20-27/h12-14,21,27H,5-11H2,1-4H3,(H,23,24)/t12?,13-,14-,19+/m0/s1. The van der Waals surface area contributed by atoms with E-state index >= 15 is 0 Å². The number of aliphatic carboxylic acids is 1. The largest absolute Gasteiger partial charge is 0.480 e. The fourth-order valence-corrected chi connectivity index (χ4v) is 4.14. The van der Waals surface area contributed by atoms with Crippen LogP contribution in [0.1, 0.15) is 53.4 Å². The summed E-state index contributed by atoms with van der Waals surface area (Å²) in [5.41, 5.74) is -1.79. The van der Waals surface area contributed by atoms with E-state index in [1.54, 1.807) is 20.8 Å². The van der Waals surface area contributed by atoms with E-state index in [9.17, 15) is 19.5 Å². The van der Waals surface area contributed by atoms with Crippen LogP contribution in [0.3, 0.4) is 0 Å². The molecule has 0 spiro atoms. The van der Waals surface area contributed by atoms with Crippen LogP contribution in [0.5, 0.6) is 0 Å². The molecule has 1 radical (unpaired) electrons. The van der Waals surface area contributed by atoms with Crippen molar-refractivity contribution in [1.82, 2.24) is 10.2 Å². The minimum Gasteiger partial charge on any atom is -0.480 e. The molecule has 0 saturated carbocycles. The average Bonchev–Trinajstić information content (AvgIpc) is 3.19. The summed E-state index contributed by atoms with van der Waals surface area (Å²) in [6, 6.07) is -0.284. The third-order valence-corrected chi connectivity index (χ3v) is 5.73. The Balaban J connectivity index is 1.98. The predicted octanol–water partition coefficient (Wildman–Crippen LogP) is 1.38. The molecule has 0 bridgehead atoms. The van der Waals surface area contributed by atoms with Crippen molar-refractivity contribution in [3.05, 3.63) is 0 Å². The second-order valence-electron chi connectivity index (χ2n) is 8.85. The topological polar surface area (TPSA) is 125 Å². The highest BCUT2D eigenvalue weighted by Gasteiger charge is 2.58. The first-order chi connectivity index (χ1) is 13.5. The van der Waals surface area contributed by atoms with Crippen LogP contribution in [0, 0.1) is 11.3 Å². The minimum absolute atomic E-state index is 0.224. The molecule has 29 heavy (non-hydrogen) atoms. The van der Waals surface area contributed by atoms with Crippen molar-refractivity contribution >= 4 is 25.5 Å². The van der Waals surface area contributed by atoms with E-state index in [2.05, 4.69) is 5.32 Å². The highest BCUT2D eigenvalue weighted by Crippen LogP contribution is 2.41. The molecule has 2 aliphatic rings. The summed E-state index contributed by atoms with van der Waals surface area (Å²) < 4.78 is 10.5. The SMILES string of the molecule is CC(OC(=O)N1CC[C@H]2[C@@H]1CN[C@@]2(CCCC[B]O)C(=O)O)OC(=O)C(C)(C)C. The summed E-state index contributed by atoms with van der Waals surface area (Å²) in [5, 5.41) is 21.8. The molecular weight excluding hydrogens is 379 g/mol. The first-order valence-corrected chi connectivity index (χ1v) is 10.2. The number of fused-ring (bicyclic) bond motifs is 1. The predicted molar refractivity (Wildman–Crippen MR) is 105 cm³/mol. The van der Waals surface area contributed by atoms with Gasteiger partial charge in [0.1, 0.15) is 5.54 Å². The fourth-order valence-electron chi connectivity index (χ4n) is 4.14. The molecule has 2 heterocycles. The quantitative estimate of drug-likeness (QED) is 0.237. The Hall–Kier alpha value is -1.81. The summed E-state index contributed by atoms with van der Waals surface area (Å²) in [7, 11) is 1.08. The number of carbonyl (C=O) groups excluding carboxylic acids is 2. The first kappa shape index (κ1) is 23.5. The molecule has 1 amide bonds. The van der Waals surface area contributed by atoms with Crippen molar-refractivity contribution in [2.75, 3.05) is 13.1 Å². The van der Waals surface area contributed by atoms with Gasteiger partial charge in [0, 0.05) is 25.9 Å². The Morgan fingerprint density at radius 2 is 1.97 bits per heavy atom. The molecule has 2 fully saturated rings. The Morgan fingerprint density at radius 1 is 1.28 bits per heavy atom. The third-order valence-electron chi connectivity index (χ3n) is 5.73. The molecule has 1 unspecified atom stereocenters. The molecular formula is C19H32BN2O7. The van der Waals surface area contributed by atoms with Gasteiger partial charge in [-0.05, 0) is 33.6 Å². The van der Waals surface area contributed by atoms with Gasteiger partial charge in [-0.3, -0.25) is 14.9 Å². The van der Waals surface area contributed by atoms with Crippen molar-refractivity contribution in [1.29, 1.82) is 0 Å². The van der Waals surface area contributed by atoms with E-state index < -0.39 is 35.3 Å². The van der Waals surface area contributed by atoms with Crippen LogP contribution in [0.4, 0.5) is 4.79 Å². The zero-order chi connectivity index (χ0) is 21.8. The second kappa shape index (κ2) is 9.34. The van der Waals surface area contributed by atoms with Crippen LogP contribution < -0.4 is 5.32 Å². The van der Waals surface area contributed by atoms with Gasteiger partial charge in [0.15, 0.2) is 0 Å². The van der Waals surface area contributed by atoms with Gasteiger partial charge in [-0.15, -0.1) is 0 Å². The van der Waals surface area contributed by atoms with Gasteiger partial charge < -0.3 is 24.5 Å². The van der Waals surface area contributed by atoms with E-state index in [4.69, 9.17) is 14.5 Å². The first-order valence-electron chi connectivity index (χ1n) is 10.2. The van der Waals surface area contributed by atoms with Crippen molar-refractivity contribution < 1.29 is 34.0 Å².